The average molecular weight is 365 g/mol. The third-order valence-corrected chi connectivity index (χ3v) is 5.43. The quantitative estimate of drug-likeness (QED) is 0.359. The summed E-state index contributed by atoms with van der Waals surface area (Å²) in [4.78, 5) is 2.60. The Bertz CT molecular complexity index is 953. The van der Waals surface area contributed by atoms with E-state index in [9.17, 15) is 0 Å². The van der Waals surface area contributed by atoms with Gasteiger partial charge in [-0.2, -0.15) is 0 Å². The molecule has 0 nitrogen and oxygen atoms in total. The van der Waals surface area contributed by atoms with E-state index < -0.39 is 0 Å². The molecule has 22 heavy (non-hydrogen) atoms. The van der Waals surface area contributed by atoms with Gasteiger partial charge in [0.1, 0.15) is 0 Å². The molecule has 0 aliphatic heterocycles. The summed E-state index contributed by atoms with van der Waals surface area (Å²) in [6.07, 6.45) is 0. The maximum absolute atomic E-state index is 3.54. The van der Waals surface area contributed by atoms with Crippen LogP contribution in [-0.2, 0) is 0 Å². The SMILES string of the molecule is Brc1cccc(-c2ccc(-c3ccc4ccccc4c3)s2)c1. The van der Waals surface area contributed by atoms with Crippen molar-refractivity contribution < 1.29 is 0 Å². The van der Waals surface area contributed by atoms with Gasteiger partial charge in [0.05, 0.1) is 0 Å². The molecule has 0 fully saturated rings. The van der Waals surface area contributed by atoms with Crippen molar-refractivity contribution in [3.8, 4) is 20.9 Å². The van der Waals surface area contributed by atoms with Crippen molar-refractivity contribution in [2.45, 2.75) is 0 Å². The van der Waals surface area contributed by atoms with Gasteiger partial charge in [-0.25, -0.2) is 0 Å². The van der Waals surface area contributed by atoms with Crippen molar-refractivity contribution in [3.63, 3.8) is 0 Å². The molecule has 0 unspecified atom stereocenters. The molecule has 0 spiro atoms. The maximum Gasteiger partial charge on any atom is 0.0349 e. The maximum atomic E-state index is 3.54. The van der Waals surface area contributed by atoms with Gasteiger partial charge < -0.3 is 0 Å². The first-order valence-electron chi connectivity index (χ1n) is 7.14. The highest BCUT2D eigenvalue weighted by atomic mass is 79.9. The fourth-order valence-corrected chi connectivity index (χ4v) is 4.03. The van der Waals surface area contributed by atoms with Crippen LogP contribution in [0.2, 0.25) is 0 Å². The van der Waals surface area contributed by atoms with Crippen LogP contribution in [0.1, 0.15) is 0 Å². The van der Waals surface area contributed by atoms with Gasteiger partial charge in [-0.05, 0) is 52.2 Å². The largest absolute Gasteiger partial charge is 0.135 e. The molecule has 0 atom stereocenters. The Hall–Kier alpha value is -1.90. The van der Waals surface area contributed by atoms with Crippen LogP contribution < -0.4 is 0 Å². The smallest absolute Gasteiger partial charge is 0.0349 e. The minimum Gasteiger partial charge on any atom is -0.135 e. The highest BCUT2D eigenvalue weighted by Crippen LogP contribution is 2.36. The molecule has 0 saturated carbocycles. The van der Waals surface area contributed by atoms with Crippen LogP contribution in [0, 0.1) is 0 Å². The zero-order valence-electron chi connectivity index (χ0n) is 11.8. The fourth-order valence-electron chi connectivity index (χ4n) is 2.63. The van der Waals surface area contributed by atoms with E-state index in [1.165, 1.54) is 31.7 Å². The Morgan fingerprint density at radius 2 is 1.32 bits per heavy atom. The fraction of sp³-hybridized carbons (Fsp3) is 0. The van der Waals surface area contributed by atoms with E-state index in [1.54, 1.807) is 0 Å². The van der Waals surface area contributed by atoms with Crippen molar-refractivity contribution >= 4 is 38.0 Å². The Morgan fingerprint density at radius 3 is 2.09 bits per heavy atom. The van der Waals surface area contributed by atoms with Gasteiger partial charge >= 0.3 is 0 Å². The predicted octanol–water partition coefficient (Wildman–Crippen LogP) is 7.00. The van der Waals surface area contributed by atoms with E-state index in [1.807, 2.05) is 11.3 Å². The zero-order valence-corrected chi connectivity index (χ0v) is 14.2. The van der Waals surface area contributed by atoms with Gasteiger partial charge in [0, 0.05) is 14.2 Å². The molecule has 0 aliphatic carbocycles. The Balaban J connectivity index is 1.76. The van der Waals surface area contributed by atoms with Crippen molar-refractivity contribution in [3.05, 3.63) is 83.3 Å². The number of fused-ring (bicyclic) bond motifs is 1. The van der Waals surface area contributed by atoms with Crippen LogP contribution >= 0.6 is 27.3 Å². The molecular weight excluding hydrogens is 352 g/mol. The summed E-state index contributed by atoms with van der Waals surface area (Å²) < 4.78 is 1.12. The van der Waals surface area contributed by atoms with Crippen molar-refractivity contribution in [2.75, 3.05) is 0 Å². The third kappa shape index (κ3) is 2.60. The number of rotatable bonds is 2. The first-order valence-corrected chi connectivity index (χ1v) is 8.75. The monoisotopic (exact) mass is 364 g/mol. The first-order chi connectivity index (χ1) is 10.8. The third-order valence-electron chi connectivity index (χ3n) is 3.75. The van der Waals surface area contributed by atoms with Crippen LogP contribution in [0.3, 0.4) is 0 Å². The topological polar surface area (TPSA) is 0 Å². The standard InChI is InChI=1S/C20H13BrS/c21-18-7-3-6-16(13-18)19-10-11-20(22-19)17-9-8-14-4-1-2-5-15(14)12-17/h1-13H. The Morgan fingerprint density at radius 1 is 0.591 bits per heavy atom. The molecule has 2 heteroatoms. The van der Waals surface area contributed by atoms with Gasteiger partial charge in [-0.3, -0.25) is 0 Å². The molecule has 3 aromatic carbocycles. The molecule has 4 rings (SSSR count). The van der Waals surface area contributed by atoms with Crippen molar-refractivity contribution in [2.24, 2.45) is 0 Å². The number of benzene rings is 3. The van der Waals surface area contributed by atoms with Gasteiger partial charge in [0.2, 0.25) is 0 Å². The molecule has 0 bridgehead atoms. The summed E-state index contributed by atoms with van der Waals surface area (Å²) in [6.45, 7) is 0. The minimum absolute atomic E-state index is 1.12. The van der Waals surface area contributed by atoms with Crippen molar-refractivity contribution in [1.82, 2.24) is 0 Å². The lowest BCUT2D eigenvalue weighted by Crippen LogP contribution is -1.74. The van der Waals surface area contributed by atoms with Gasteiger partial charge in [-0.15, -0.1) is 11.3 Å². The van der Waals surface area contributed by atoms with Crippen LogP contribution in [0.25, 0.3) is 31.7 Å². The van der Waals surface area contributed by atoms with Crippen LogP contribution in [0.15, 0.2) is 83.3 Å². The summed E-state index contributed by atoms with van der Waals surface area (Å²) in [6, 6.07) is 28.0. The highest BCUT2D eigenvalue weighted by Gasteiger charge is 2.06. The molecular formula is C20H13BrS. The highest BCUT2D eigenvalue weighted by molar-refractivity contribution is 9.10. The summed E-state index contributed by atoms with van der Waals surface area (Å²) in [7, 11) is 0. The van der Waals surface area contributed by atoms with E-state index in [4.69, 9.17) is 0 Å². The molecule has 1 aromatic heterocycles. The van der Waals surface area contributed by atoms with Gasteiger partial charge in [0.15, 0.2) is 0 Å². The number of halogens is 1. The normalized spacial score (nSPS) is 11.0. The van der Waals surface area contributed by atoms with Gasteiger partial charge in [0.25, 0.3) is 0 Å². The van der Waals surface area contributed by atoms with E-state index in [0.717, 1.165) is 4.47 Å². The van der Waals surface area contributed by atoms with Crippen LogP contribution in [0.4, 0.5) is 0 Å². The molecule has 1 heterocycles. The molecule has 0 aliphatic rings. The number of thiophene rings is 1. The summed E-state index contributed by atoms with van der Waals surface area (Å²) in [5.74, 6) is 0. The Kier molecular flexibility index (Phi) is 3.57. The summed E-state index contributed by atoms with van der Waals surface area (Å²) >= 11 is 5.38. The van der Waals surface area contributed by atoms with E-state index in [0.29, 0.717) is 0 Å². The lowest BCUT2D eigenvalue weighted by atomic mass is 10.1. The van der Waals surface area contributed by atoms with E-state index in [2.05, 4.69) is 94.8 Å². The van der Waals surface area contributed by atoms with E-state index in [-0.39, 0.29) is 0 Å². The predicted molar refractivity (Wildman–Crippen MR) is 100 cm³/mol. The molecule has 106 valence electrons. The second kappa shape index (κ2) is 5.71. The lowest BCUT2D eigenvalue weighted by Gasteiger charge is -2.01. The molecule has 4 aromatic rings. The molecule has 0 amide bonds. The van der Waals surface area contributed by atoms with Gasteiger partial charge in [-0.1, -0.05) is 64.5 Å². The number of hydrogen-bond donors (Lipinski definition) is 0. The minimum atomic E-state index is 1.12. The zero-order chi connectivity index (χ0) is 14.9. The molecule has 0 saturated heterocycles. The van der Waals surface area contributed by atoms with E-state index >= 15 is 0 Å². The number of hydrogen-bond acceptors (Lipinski definition) is 1. The van der Waals surface area contributed by atoms with Crippen LogP contribution in [-0.4, -0.2) is 0 Å². The second-order valence-corrected chi connectivity index (χ2v) is 7.24. The second-order valence-electron chi connectivity index (χ2n) is 5.24. The summed E-state index contributed by atoms with van der Waals surface area (Å²) in [5, 5.41) is 2.58. The Labute approximate surface area is 142 Å². The van der Waals surface area contributed by atoms with Crippen LogP contribution in [0.5, 0.6) is 0 Å². The lowest BCUT2D eigenvalue weighted by molar-refractivity contribution is 1.65. The molecule has 0 N–H and O–H groups in total. The molecule has 0 radical (unpaired) electrons. The summed E-state index contributed by atoms with van der Waals surface area (Å²) in [5.41, 5.74) is 2.54. The average Bonchev–Trinajstić information content (AvgIpc) is 3.04. The van der Waals surface area contributed by atoms with Crippen molar-refractivity contribution in [1.29, 1.82) is 0 Å². The first kappa shape index (κ1) is 13.7.